The summed E-state index contributed by atoms with van der Waals surface area (Å²) in [6, 6.07) is 32.3. The van der Waals surface area contributed by atoms with Crippen LogP contribution < -0.4 is 0 Å². The van der Waals surface area contributed by atoms with E-state index in [0.29, 0.717) is 10.8 Å². The van der Waals surface area contributed by atoms with Crippen LogP contribution >= 0.6 is 11.6 Å². The standard InChI is InChI=1S/C27H19ClN2O/c1-18-16-25(31-30-18)26-23(19-8-4-2-5-9-19)17-24(20-10-6-3-7-11-20)29-27(26)21-12-14-22(28)15-13-21/h2-17H,1H3. The highest BCUT2D eigenvalue weighted by molar-refractivity contribution is 6.30. The van der Waals surface area contributed by atoms with E-state index in [0.717, 1.165) is 44.9 Å². The van der Waals surface area contributed by atoms with Crippen LogP contribution in [0.1, 0.15) is 5.69 Å². The van der Waals surface area contributed by atoms with E-state index >= 15 is 0 Å². The smallest absolute Gasteiger partial charge is 0.169 e. The van der Waals surface area contributed by atoms with E-state index in [1.165, 1.54) is 0 Å². The van der Waals surface area contributed by atoms with E-state index in [2.05, 4.69) is 35.5 Å². The molecule has 0 saturated carbocycles. The molecule has 0 unspecified atom stereocenters. The number of pyridine rings is 1. The molecule has 0 atom stereocenters. The Hall–Kier alpha value is -3.69. The molecule has 2 aromatic heterocycles. The van der Waals surface area contributed by atoms with E-state index in [1.54, 1.807) is 0 Å². The maximum Gasteiger partial charge on any atom is 0.169 e. The molecule has 5 rings (SSSR count). The highest BCUT2D eigenvalue weighted by atomic mass is 35.5. The Morgan fingerprint density at radius 3 is 1.97 bits per heavy atom. The van der Waals surface area contributed by atoms with Crippen molar-refractivity contribution in [1.29, 1.82) is 0 Å². The van der Waals surface area contributed by atoms with Crippen molar-refractivity contribution in [3.05, 3.63) is 108 Å². The van der Waals surface area contributed by atoms with Crippen LogP contribution in [0.15, 0.2) is 102 Å². The predicted octanol–water partition coefficient (Wildman–Crippen LogP) is 7.70. The second-order valence-electron chi connectivity index (χ2n) is 7.35. The Morgan fingerprint density at radius 2 is 1.35 bits per heavy atom. The van der Waals surface area contributed by atoms with E-state index in [-0.39, 0.29) is 0 Å². The van der Waals surface area contributed by atoms with Gasteiger partial charge in [0.2, 0.25) is 0 Å². The molecule has 5 aromatic rings. The molecule has 31 heavy (non-hydrogen) atoms. The molecule has 2 heterocycles. The van der Waals surface area contributed by atoms with Gasteiger partial charge in [-0.2, -0.15) is 0 Å². The molecule has 0 aliphatic carbocycles. The fraction of sp³-hybridized carbons (Fsp3) is 0.0370. The van der Waals surface area contributed by atoms with Crippen molar-refractivity contribution in [3.8, 4) is 45.0 Å². The second kappa shape index (κ2) is 8.21. The number of benzene rings is 3. The van der Waals surface area contributed by atoms with Crippen molar-refractivity contribution in [2.45, 2.75) is 6.92 Å². The third-order valence-corrected chi connectivity index (χ3v) is 5.42. The Labute approximate surface area is 186 Å². The first-order valence-corrected chi connectivity index (χ1v) is 10.4. The minimum Gasteiger partial charge on any atom is -0.356 e. The van der Waals surface area contributed by atoms with Crippen molar-refractivity contribution in [3.63, 3.8) is 0 Å². The molecule has 0 fully saturated rings. The number of aromatic nitrogens is 2. The topological polar surface area (TPSA) is 38.9 Å². The number of rotatable bonds is 4. The lowest BCUT2D eigenvalue weighted by Crippen LogP contribution is -1.96. The number of halogens is 1. The zero-order valence-electron chi connectivity index (χ0n) is 16.9. The van der Waals surface area contributed by atoms with Crippen LogP contribution in [0.25, 0.3) is 45.0 Å². The molecule has 3 aromatic carbocycles. The molecule has 0 bridgehead atoms. The van der Waals surface area contributed by atoms with Crippen molar-refractivity contribution < 1.29 is 4.52 Å². The van der Waals surface area contributed by atoms with Gasteiger partial charge in [0, 0.05) is 22.2 Å². The van der Waals surface area contributed by atoms with Gasteiger partial charge in [-0.3, -0.25) is 0 Å². The first-order chi connectivity index (χ1) is 15.2. The molecule has 0 spiro atoms. The van der Waals surface area contributed by atoms with E-state index in [9.17, 15) is 0 Å². The van der Waals surface area contributed by atoms with Crippen LogP contribution in [0, 0.1) is 6.92 Å². The Kier molecular flexibility index (Phi) is 5.11. The maximum absolute atomic E-state index is 6.16. The first-order valence-electron chi connectivity index (χ1n) is 10.0. The summed E-state index contributed by atoms with van der Waals surface area (Å²) in [6.45, 7) is 1.92. The molecular weight excluding hydrogens is 404 g/mol. The molecule has 4 heteroatoms. The zero-order chi connectivity index (χ0) is 21.2. The molecule has 3 nitrogen and oxygen atoms in total. The molecule has 0 saturated heterocycles. The van der Waals surface area contributed by atoms with Crippen LogP contribution in [-0.4, -0.2) is 10.1 Å². The minimum atomic E-state index is 0.684. The van der Waals surface area contributed by atoms with Crippen molar-refractivity contribution in [2.24, 2.45) is 0 Å². The summed E-state index contributed by atoms with van der Waals surface area (Å²) < 4.78 is 5.73. The average Bonchev–Trinajstić information content (AvgIpc) is 3.26. The van der Waals surface area contributed by atoms with Crippen LogP contribution in [0.2, 0.25) is 5.02 Å². The summed E-state index contributed by atoms with van der Waals surface area (Å²) in [4.78, 5) is 5.08. The van der Waals surface area contributed by atoms with Crippen LogP contribution in [0.4, 0.5) is 0 Å². The Morgan fingerprint density at radius 1 is 0.710 bits per heavy atom. The van der Waals surface area contributed by atoms with E-state index < -0.39 is 0 Å². The summed E-state index contributed by atoms with van der Waals surface area (Å²) in [5.74, 6) is 0.688. The quantitative estimate of drug-likeness (QED) is 0.298. The summed E-state index contributed by atoms with van der Waals surface area (Å²) in [6.07, 6.45) is 0. The Bertz CT molecular complexity index is 1330. The van der Waals surface area contributed by atoms with Gasteiger partial charge in [0.15, 0.2) is 5.76 Å². The monoisotopic (exact) mass is 422 g/mol. The third-order valence-electron chi connectivity index (χ3n) is 5.17. The molecule has 0 N–H and O–H groups in total. The summed E-state index contributed by atoms with van der Waals surface area (Å²) in [5.41, 5.74) is 7.59. The van der Waals surface area contributed by atoms with Crippen LogP contribution in [0.5, 0.6) is 0 Å². The number of hydrogen-bond donors (Lipinski definition) is 0. The van der Waals surface area contributed by atoms with Gasteiger partial charge in [-0.25, -0.2) is 4.98 Å². The van der Waals surface area contributed by atoms with Gasteiger partial charge in [-0.05, 0) is 36.2 Å². The first kappa shape index (κ1) is 19.3. The predicted molar refractivity (Wildman–Crippen MR) is 126 cm³/mol. The van der Waals surface area contributed by atoms with Gasteiger partial charge in [0.05, 0.1) is 22.6 Å². The summed E-state index contributed by atoms with van der Waals surface area (Å²) in [5, 5.41) is 4.82. The van der Waals surface area contributed by atoms with Crippen LogP contribution in [-0.2, 0) is 0 Å². The highest BCUT2D eigenvalue weighted by Gasteiger charge is 2.21. The summed E-state index contributed by atoms with van der Waals surface area (Å²) in [7, 11) is 0. The van der Waals surface area contributed by atoms with Gasteiger partial charge in [0.1, 0.15) is 0 Å². The van der Waals surface area contributed by atoms with Crippen LogP contribution in [0.3, 0.4) is 0 Å². The number of aryl methyl sites for hydroxylation is 1. The second-order valence-corrected chi connectivity index (χ2v) is 7.79. The van der Waals surface area contributed by atoms with Gasteiger partial charge >= 0.3 is 0 Å². The van der Waals surface area contributed by atoms with Gasteiger partial charge in [-0.15, -0.1) is 0 Å². The lowest BCUT2D eigenvalue weighted by atomic mass is 9.92. The van der Waals surface area contributed by atoms with Gasteiger partial charge in [0.25, 0.3) is 0 Å². The van der Waals surface area contributed by atoms with Gasteiger partial charge < -0.3 is 4.52 Å². The molecular formula is C27H19ClN2O. The largest absolute Gasteiger partial charge is 0.356 e. The summed E-state index contributed by atoms with van der Waals surface area (Å²) >= 11 is 6.16. The zero-order valence-corrected chi connectivity index (χ0v) is 17.7. The lowest BCUT2D eigenvalue weighted by molar-refractivity contribution is 0.427. The molecule has 0 aliphatic rings. The van der Waals surface area contributed by atoms with Crippen molar-refractivity contribution in [2.75, 3.05) is 0 Å². The SMILES string of the molecule is Cc1cc(-c2c(-c3ccccc3)cc(-c3ccccc3)nc2-c2ccc(Cl)cc2)on1. The highest BCUT2D eigenvalue weighted by Crippen LogP contribution is 2.41. The molecule has 0 amide bonds. The molecule has 150 valence electrons. The molecule has 0 aliphatic heterocycles. The maximum atomic E-state index is 6.16. The molecule has 0 radical (unpaired) electrons. The normalized spacial score (nSPS) is 10.9. The van der Waals surface area contributed by atoms with Gasteiger partial charge in [-0.1, -0.05) is 89.6 Å². The van der Waals surface area contributed by atoms with Crippen molar-refractivity contribution in [1.82, 2.24) is 10.1 Å². The lowest BCUT2D eigenvalue weighted by Gasteiger charge is -2.16. The minimum absolute atomic E-state index is 0.684. The number of nitrogens with zero attached hydrogens (tertiary/aromatic N) is 2. The van der Waals surface area contributed by atoms with E-state index in [4.69, 9.17) is 21.1 Å². The fourth-order valence-corrected chi connectivity index (χ4v) is 3.82. The number of hydrogen-bond acceptors (Lipinski definition) is 3. The van der Waals surface area contributed by atoms with Crippen molar-refractivity contribution >= 4 is 11.6 Å². The van der Waals surface area contributed by atoms with E-state index in [1.807, 2.05) is 73.7 Å². The third kappa shape index (κ3) is 3.88. The Balaban J connectivity index is 1.87. The fourth-order valence-electron chi connectivity index (χ4n) is 3.69. The average molecular weight is 423 g/mol.